The molecular formula is C28H27N5O4. The standard InChI is InChI=1S/C28H27N5O4/c1-17(34)31-25-15-20(4-7-22(25)18-5-8-23-19(14-18)10-12-30-23)27(35)33-13-3-11-29-24-9-6-21(16-26(24)33)32(2)28(36)37/h4-10,12,14-16,29-30H,3,11,13H2,1-2H3,(H,31,34)(H,36,37). The molecule has 1 aliphatic rings. The minimum absolute atomic E-state index is 0.237. The Hall–Kier alpha value is -4.79. The van der Waals surface area contributed by atoms with Crippen molar-refractivity contribution in [2.24, 2.45) is 0 Å². The lowest BCUT2D eigenvalue weighted by Gasteiger charge is -2.25. The van der Waals surface area contributed by atoms with E-state index in [9.17, 15) is 19.5 Å². The number of nitrogens with zero attached hydrogens (tertiary/aromatic N) is 2. The van der Waals surface area contributed by atoms with Crippen LogP contribution < -0.4 is 20.4 Å². The summed E-state index contributed by atoms with van der Waals surface area (Å²) in [5.74, 6) is -0.474. The zero-order valence-electron chi connectivity index (χ0n) is 20.5. The number of carbonyl (C=O) groups is 3. The van der Waals surface area contributed by atoms with Crippen LogP contribution in [0.4, 0.5) is 27.5 Å². The minimum atomic E-state index is -1.09. The summed E-state index contributed by atoms with van der Waals surface area (Å²) in [7, 11) is 1.46. The number of anilines is 4. The molecule has 9 nitrogen and oxygen atoms in total. The highest BCUT2D eigenvalue weighted by atomic mass is 16.4. The van der Waals surface area contributed by atoms with Crippen LogP contribution >= 0.6 is 0 Å². The molecule has 0 fully saturated rings. The molecule has 9 heteroatoms. The first-order chi connectivity index (χ1) is 17.8. The molecule has 3 amide bonds. The van der Waals surface area contributed by atoms with Crippen LogP contribution in [0.3, 0.4) is 0 Å². The number of benzene rings is 3. The van der Waals surface area contributed by atoms with Crippen molar-refractivity contribution >= 4 is 51.6 Å². The number of hydrogen-bond donors (Lipinski definition) is 4. The number of aromatic amines is 1. The molecule has 4 N–H and O–H groups in total. The fraction of sp³-hybridized carbons (Fsp3) is 0.179. The molecule has 0 atom stereocenters. The molecule has 0 spiro atoms. The molecule has 37 heavy (non-hydrogen) atoms. The van der Waals surface area contributed by atoms with Gasteiger partial charge >= 0.3 is 6.09 Å². The lowest BCUT2D eigenvalue weighted by Crippen LogP contribution is -2.32. The lowest BCUT2D eigenvalue weighted by molar-refractivity contribution is -0.114. The molecule has 0 unspecified atom stereocenters. The van der Waals surface area contributed by atoms with E-state index >= 15 is 0 Å². The van der Waals surface area contributed by atoms with E-state index < -0.39 is 6.09 Å². The number of fused-ring (bicyclic) bond motifs is 2. The second-order valence-corrected chi connectivity index (χ2v) is 9.00. The average molecular weight is 498 g/mol. The minimum Gasteiger partial charge on any atom is -0.465 e. The van der Waals surface area contributed by atoms with Gasteiger partial charge in [0.15, 0.2) is 0 Å². The van der Waals surface area contributed by atoms with Crippen molar-refractivity contribution in [2.45, 2.75) is 13.3 Å². The smallest absolute Gasteiger partial charge is 0.411 e. The molecule has 0 aliphatic carbocycles. The fourth-order valence-electron chi connectivity index (χ4n) is 4.60. The van der Waals surface area contributed by atoms with E-state index in [-0.39, 0.29) is 11.8 Å². The first-order valence-corrected chi connectivity index (χ1v) is 12.0. The lowest BCUT2D eigenvalue weighted by atomic mass is 9.99. The summed E-state index contributed by atoms with van der Waals surface area (Å²) in [6, 6.07) is 18.5. The zero-order valence-corrected chi connectivity index (χ0v) is 20.5. The van der Waals surface area contributed by atoms with Crippen molar-refractivity contribution in [1.82, 2.24) is 4.98 Å². The van der Waals surface area contributed by atoms with Gasteiger partial charge in [-0.05, 0) is 65.9 Å². The monoisotopic (exact) mass is 497 g/mol. The number of carboxylic acid groups (broad SMARTS) is 1. The second kappa shape index (κ2) is 9.69. The summed E-state index contributed by atoms with van der Waals surface area (Å²) in [6.07, 6.45) is 1.50. The van der Waals surface area contributed by atoms with Crippen LogP contribution in [-0.2, 0) is 4.79 Å². The Kier molecular flexibility index (Phi) is 6.27. The molecule has 0 saturated carbocycles. The molecular weight excluding hydrogens is 470 g/mol. The van der Waals surface area contributed by atoms with Crippen molar-refractivity contribution in [1.29, 1.82) is 0 Å². The summed E-state index contributed by atoms with van der Waals surface area (Å²) in [4.78, 5) is 43.3. The van der Waals surface area contributed by atoms with E-state index in [1.165, 1.54) is 14.0 Å². The maximum atomic E-state index is 13.8. The highest BCUT2D eigenvalue weighted by Crippen LogP contribution is 2.35. The summed E-state index contributed by atoms with van der Waals surface area (Å²) < 4.78 is 0. The van der Waals surface area contributed by atoms with Gasteiger partial charge in [0.05, 0.1) is 11.4 Å². The number of rotatable bonds is 4. The van der Waals surface area contributed by atoms with E-state index in [0.717, 1.165) is 39.0 Å². The number of nitrogens with one attached hydrogen (secondary N) is 3. The Labute approximate surface area is 213 Å². The quantitative estimate of drug-likeness (QED) is 0.302. The van der Waals surface area contributed by atoms with Crippen LogP contribution in [0.25, 0.3) is 22.0 Å². The zero-order chi connectivity index (χ0) is 26.1. The maximum Gasteiger partial charge on any atom is 0.411 e. The first kappa shape index (κ1) is 23.9. The summed E-state index contributed by atoms with van der Waals surface area (Å²) in [5, 5.41) is 16.7. The van der Waals surface area contributed by atoms with Crippen molar-refractivity contribution in [3.05, 3.63) is 72.4 Å². The van der Waals surface area contributed by atoms with Gasteiger partial charge < -0.3 is 25.6 Å². The van der Waals surface area contributed by atoms with Gasteiger partial charge in [0, 0.05) is 61.3 Å². The molecule has 2 heterocycles. The number of amides is 3. The molecule has 3 aromatic carbocycles. The van der Waals surface area contributed by atoms with Gasteiger partial charge in [-0.2, -0.15) is 0 Å². The normalized spacial score (nSPS) is 12.9. The average Bonchev–Trinajstić information content (AvgIpc) is 3.25. The van der Waals surface area contributed by atoms with Crippen LogP contribution in [0.5, 0.6) is 0 Å². The summed E-state index contributed by atoms with van der Waals surface area (Å²) in [5.41, 5.74) is 5.52. The molecule has 1 aliphatic heterocycles. The fourth-order valence-corrected chi connectivity index (χ4v) is 4.60. The van der Waals surface area contributed by atoms with E-state index in [4.69, 9.17) is 0 Å². The van der Waals surface area contributed by atoms with Gasteiger partial charge in [0.25, 0.3) is 5.91 Å². The molecule has 5 rings (SSSR count). The van der Waals surface area contributed by atoms with Gasteiger partial charge in [-0.15, -0.1) is 0 Å². The van der Waals surface area contributed by atoms with Gasteiger partial charge in [-0.3, -0.25) is 14.5 Å². The Bertz CT molecular complexity index is 1530. The van der Waals surface area contributed by atoms with Crippen molar-refractivity contribution in [3.8, 4) is 11.1 Å². The summed E-state index contributed by atoms with van der Waals surface area (Å²) in [6.45, 7) is 2.58. The van der Waals surface area contributed by atoms with Crippen molar-refractivity contribution < 1.29 is 19.5 Å². The largest absolute Gasteiger partial charge is 0.465 e. The van der Waals surface area contributed by atoms with Crippen LogP contribution in [0.15, 0.2) is 66.9 Å². The second-order valence-electron chi connectivity index (χ2n) is 9.00. The number of aromatic nitrogens is 1. The third-order valence-corrected chi connectivity index (χ3v) is 6.51. The molecule has 0 radical (unpaired) electrons. The van der Waals surface area contributed by atoms with Crippen LogP contribution in [-0.4, -0.2) is 48.1 Å². The third-order valence-electron chi connectivity index (χ3n) is 6.51. The third kappa shape index (κ3) is 4.71. The van der Waals surface area contributed by atoms with Crippen molar-refractivity contribution in [2.75, 3.05) is 40.6 Å². The van der Waals surface area contributed by atoms with E-state index in [1.807, 2.05) is 36.5 Å². The number of carbonyl (C=O) groups excluding carboxylic acids is 2. The number of H-pyrrole nitrogens is 1. The van der Waals surface area contributed by atoms with Gasteiger partial charge in [0.1, 0.15) is 0 Å². The van der Waals surface area contributed by atoms with Gasteiger partial charge in [-0.1, -0.05) is 12.1 Å². The SMILES string of the molecule is CC(=O)Nc1cc(C(=O)N2CCCNc3ccc(N(C)C(=O)O)cc32)ccc1-c1ccc2[nH]ccc2c1. The Morgan fingerprint density at radius 2 is 1.86 bits per heavy atom. The van der Waals surface area contributed by atoms with E-state index in [1.54, 1.807) is 35.2 Å². The van der Waals surface area contributed by atoms with Gasteiger partial charge in [-0.25, -0.2) is 4.79 Å². The Balaban J connectivity index is 1.55. The van der Waals surface area contributed by atoms with Crippen LogP contribution in [0.2, 0.25) is 0 Å². The van der Waals surface area contributed by atoms with E-state index in [2.05, 4.69) is 15.6 Å². The molecule has 0 saturated heterocycles. The molecule has 0 bridgehead atoms. The molecule has 188 valence electrons. The predicted molar refractivity (Wildman–Crippen MR) is 146 cm³/mol. The predicted octanol–water partition coefficient (Wildman–Crippen LogP) is 5.37. The molecule has 4 aromatic rings. The Morgan fingerprint density at radius 1 is 1.03 bits per heavy atom. The van der Waals surface area contributed by atoms with Crippen LogP contribution in [0, 0.1) is 0 Å². The summed E-state index contributed by atoms with van der Waals surface area (Å²) >= 11 is 0. The van der Waals surface area contributed by atoms with E-state index in [0.29, 0.717) is 35.7 Å². The number of hydrogen-bond acceptors (Lipinski definition) is 4. The topological polar surface area (TPSA) is 118 Å². The van der Waals surface area contributed by atoms with Crippen LogP contribution in [0.1, 0.15) is 23.7 Å². The van der Waals surface area contributed by atoms with Crippen molar-refractivity contribution in [3.63, 3.8) is 0 Å². The Morgan fingerprint density at radius 3 is 2.65 bits per heavy atom. The first-order valence-electron chi connectivity index (χ1n) is 12.0. The molecule has 1 aromatic heterocycles. The maximum absolute atomic E-state index is 13.8. The van der Waals surface area contributed by atoms with Gasteiger partial charge in [0.2, 0.25) is 5.91 Å². The highest BCUT2D eigenvalue weighted by Gasteiger charge is 2.25. The highest BCUT2D eigenvalue weighted by molar-refractivity contribution is 6.10.